The molecule has 0 aliphatic rings. The third-order valence-electron chi connectivity index (χ3n) is 6.06. The fourth-order valence-corrected chi connectivity index (χ4v) is 5.23. The Labute approximate surface area is 258 Å². The van der Waals surface area contributed by atoms with Crippen LogP contribution in [0.5, 0.6) is 0 Å². The summed E-state index contributed by atoms with van der Waals surface area (Å²) < 4.78 is 1.09. The van der Waals surface area contributed by atoms with Crippen molar-refractivity contribution in [2.24, 2.45) is 0 Å². The minimum atomic E-state index is -0.458. The lowest BCUT2D eigenvalue weighted by Gasteiger charge is -2.16. The standard InChI is InChI=1S/C33H30IN3O3S/c1-3-30(33(40)35-26-18-16-25(34)17-19-26)41-28-11-7-10-27(21-28)36-32(39)29(20-23-14-12-22(2)13-15-23)37-31(38)24-8-5-4-6-9-24/h4-21,30H,3H2,1-2H3,(H,35,40)(H,36,39)(H,37,38)/b29-20-. The molecule has 1 atom stereocenters. The zero-order valence-corrected chi connectivity index (χ0v) is 25.7. The van der Waals surface area contributed by atoms with E-state index < -0.39 is 5.91 Å². The van der Waals surface area contributed by atoms with Crippen molar-refractivity contribution in [2.45, 2.75) is 30.4 Å². The van der Waals surface area contributed by atoms with Gasteiger partial charge in [0.15, 0.2) is 0 Å². The van der Waals surface area contributed by atoms with E-state index in [4.69, 9.17) is 0 Å². The Morgan fingerprint density at radius 2 is 1.54 bits per heavy atom. The number of carbonyl (C=O) groups excluding carboxylic acids is 3. The van der Waals surface area contributed by atoms with Crippen molar-refractivity contribution in [3.05, 3.63) is 129 Å². The fraction of sp³-hybridized carbons (Fsp3) is 0.121. The third kappa shape index (κ3) is 9.06. The molecular formula is C33H30IN3O3S. The predicted octanol–water partition coefficient (Wildman–Crippen LogP) is 7.52. The van der Waals surface area contributed by atoms with Gasteiger partial charge in [0.25, 0.3) is 11.8 Å². The van der Waals surface area contributed by atoms with Gasteiger partial charge in [0.05, 0.1) is 5.25 Å². The minimum absolute atomic E-state index is 0.0833. The second-order valence-electron chi connectivity index (χ2n) is 9.28. The fourth-order valence-electron chi connectivity index (χ4n) is 3.86. The van der Waals surface area contributed by atoms with Gasteiger partial charge in [-0.1, -0.05) is 61.0 Å². The molecule has 4 aromatic carbocycles. The summed E-state index contributed by atoms with van der Waals surface area (Å²) in [4.78, 5) is 40.1. The predicted molar refractivity (Wildman–Crippen MR) is 176 cm³/mol. The molecule has 0 fully saturated rings. The molecule has 6 nitrogen and oxygen atoms in total. The molecule has 0 aliphatic carbocycles. The van der Waals surface area contributed by atoms with Crippen LogP contribution in [0.2, 0.25) is 0 Å². The van der Waals surface area contributed by atoms with E-state index in [0.717, 1.165) is 25.3 Å². The Balaban J connectivity index is 1.49. The molecule has 0 spiro atoms. The average molecular weight is 676 g/mol. The van der Waals surface area contributed by atoms with Crippen molar-refractivity contribution in [3.63, 3.8) is 0 Å². The average Bonchev–Trinajstić information content (AvgIpc) is 2.98. The number of hydrogen-bond donors (Lipinski definition) is 3. The van der Waals surface area contributed by atoms with Gasteiger partial charge in [0.2, 0.25) is 5.91 Å². The molecular weight excluding hydrogens is 645 g/mol. The Bertz CT molecular complexity index is 1540. The highest BCUT2D eigenvalue weighted by Gasteiger charge is 2.19. The van der Waals surface area contributed by atoms with Crippen molar-refractivity contribution >= 4 is 69.5 Å². The molecule has 1 unspecified atom stereocenters. The van der Waals surface area contributed by atoms with Crippen LogP contribution >= 0.6 is 34.4 Å². The number of amides is 3. The summed E-state index contributed by atoms with van der Waals surface area (Å²) in [6, 6.07) is 31.4. The van der Waals surface area contributed by atoms with Crippen LogP contribution in [-0.4, -0.2) is 23.0 Å². The Hall–Kier alpha value is -3.89. The lowest BCUT2D eigenvalue weighted by molar-refractivity contribution is -0.116. The first-order valence-electron chi connectivity index (χ1n) is 13.1. The number of halogens is 1. The van der Waals surface area contributed by atoms with Gasteiger partial charge < -0.3 is 16.0 Å². The second-order valence-corrected chi connectivity index (χ2v) is 11.8. The molecule has 0 aromatic heterocycles. The monoisotopic (exact) mass is 675 g/mol. The molecule has 0 saturated heterocycles. The highest BCUT2D eigenvalue weighted by Crippen LogP contribution is 2.29. The van der Waals surface area contributed by atoms with Crippen LogP contribution in [0.1, 0.15) is 34.8 Å². The summed E-state index contributed by atoms with van der Waals surface area (Å²) >= 11 is 3.66. The lowest BCUT2D eigenvalue weighted by atomic mass is 10.1. The molecule has 0 aliphatic heterocycles. The summed E-state index contributed by atoms with van der Waals surface area (Å²) in [5, 5.41) is 8.33. The molecule has 4 aromatic rings. The van der Waals surface area contributed by atoms with E-state index in [9.17, 15) is 14.4 Å². The highest BCUT2D eigenvalue weighted by molar-refractivity contribution is 14.1. The summed E-state index contributed by atoms with van der Waals surface area (Å²) in [6.45, 7) is 3.95. The molecule has 0 bridgehead atoms. The van der Waals surface area contributed by atoms with Crippen LogP contribution in [0.25, 0.3) is 6.08 Å². The van der Waals surface area contributed by atoms with Crippen LogP contribution in [0.15, 0.2) is 114 Å². The van der Waals surface area contributed by atoms with E-state index in [1.54, 1.807) is 36.4 Å². The number of nitrogens with one attached hydrogen (secondary N) is 3. The minimum Gasteiger partial charge on any atom is -0.325 e. The molecule has 0 radical (unpaired) electrons. The van der Waals surface area contributed by atoms with Crippen molar-refractivity contribution < 1.29 is 14.4 Å². The van der Waals surface area contributed by atoms with Gasteiger partial charge in [-0.25, -0.2) is 0 Å². The number of thioether (sulfide) groups is 1. The number of anilines is 2. The van der Waals surface area contributed by atoms with Crippen LogP contribution in [0, 0.1) is 10.5 Å². The number of rotatable bonds is 10. The lowest BCUT2D eigenvalue weighted by Crippen LogP contribution is -2.30. The molecule has 208 valence electrons. The highest BCUT2D eigenvalue weighted by atomic mass is 127. The van der Waals surface area contributed by atoms with E-state index >= 15 is 0 Å². The van der Waals surface area contributed by atoms with Gasteiger partial charge in [0, 0.05) is 25.4 Å². The molecule has 41 heavy (non-hydrogen) atoms. The maximum atomic E-state index is 13.4. The number of hydrogen-bond acceptors (Lipinski definition) is 4. The second kappa shape index (κ2) is 14.7. The Morgan fingerprint density at radius 1 is 0.829 bits per heavy atom. The zero-order chi connectivity index (χ0) is 29.2. The van der Waals surface area contributed by atoms with Crippen molar-refractivity contribution in [1.82, 2.24) is 5.32 Å². The molecule has 3 amide bonds. The number of aryl methyl sites for hydroxylation is 1. The number of carbonyl (C=O) groups is 3. The maximum absolute atomic E-state index is 13.4. The summed E-state index contributed by atoms with van der Waals surface area (Å²) in [5.41, 5.74) is 3.74. The first-order chi connectivity index (χ1) is 19.8. The first kappa shape index (κ1) is 30.1. The van der Waals surface area contributed by atoms with Crippen molar-refractivity contribution in [1.29, 1.82) is 0 Å². The van der Waals surface area contributed by atoms with Crippen LogP contribution in [0.3, 0.4) is 0 Å². The SMILES string of the molecule is CCC(Sc1cccc(NC(=O)/C(=C/c2ccc(C)cc2)NC(=O)c2ccccc2)c1)C(=O)Nc1ccc(I)cc1. The van der Waals surface area contributed by atoms with Crippen LogP contribution < -0.4 is 16.0 Å². The summed E-state index contributed by atoms with van der Waals surface area (Å²) in [7, 11) is 0. The van der Waals surface area contributed by atoms with Gasteiger partial charge >= 0.3 is 0 Å². The largest absolute Gasteiger partial charge is 0.325 e. The number of benzene rings is 4. The molecule has 4 rings (SSSR count). The summed E-state index contributed by atoms with van der Waals surface area (Å²) in [5.74, 6) is -0.922. The Kier molecular flexibility index (Phi) is 10.8. The Morgan fingerprint density at radius 3 is 2.22 bits per heavy atom. The first-order valence-corrected chi connectivity index (χ1v) is 15.1. The van der Waals surface area contributed by atoms with Gasteiger partial charge in [0.1, 0.15) is 5.70 Å². The molecule has 8 heteroatoms. The van der Waals surface area contributed by atoms with Crippen molar-refractivity contribution in [2.75, 3.05) is 10.6 Å². The van der Waals surface area contributed by atoms with Crippen LogP contribution in [-0.2, 0) is 9.59 Å². The molecule has 0 heterocycles. The van der Waals surface area contributed by atoms with Gasteiger partial charge in [-0.3, -0.25) is 14.4 Å². The zero-order valence-electron chi connectivity index (χ0n) is 22.7. The van der Waals surface area contributed by atoms with Crippen molar-refractivity contribution in [3.8, 4) is 0 Å². The smallest absolute Gasteiger partial charge is 0.272 e. The van der Waals surface area contributed by atoms with E-state index in [1.807, 2.05) is 86.6 Å². The van der Waals surface area contributed by atoms with E-state index in [1.165, 1.54) is 11.8 Å². The maximum Gasteiger partial charge on any atom is 0.272 e. The molecule has 3 N–H and O–H groups in total. The van der Waals surface area contributed by atoms with E-state index in [0.29, 0.717) is 17.7 Å². The normalized spacial score (nSPS) is 11.8. The third-order valence-corrected chi connectivity index (χ3v) is 8.14. The quantitative estimate of drug-likeness (QED) is 0.0923. The molecule has 0 saturated carbocycles. The van der Waals surface area contributed by atoms with E-state index in [2.05, 4.69) is 38.5 Å². The van der Waals surface area contributed by atoms with Gasteiger partial charge in [-0.2, -0.15) is 0 Å². The topological polar surface area (TPSA) is 87.3 Å². The van der Waals surface area contributed by atoms with Gasteiger partial charge in [-0.15, -0.1) is 11.8 Å². The van der Waals surface area contributed by atoms with Gasteiger partial charge in [-0.05, 0) is 102 Å². The van der Waals surface area contributed by atoms with Crippen LogP contribution in [0.4, 0.5) is 11.4 Å². The van der Waals surface area contributed by atoms with E-state index in [-0.39, 0.29) is 22.8 Å². The summed E-state index contributed by atoms with van der Waals surface area (Å²) in [6.07, 6.45) is 2.28.